The van der Waals surface area contributed by atoms with Gasteiger partial charge in [-0.05, 0) is 51.9 Å². The highest BCUT2D eigenvalue weighted by molar-refractivity contribution is 14.1. The molecule has 0 saturated heterocycles. The molecule has 4 nitrogen and oxygen atoms in total. The van der Waals surface area contributed by atoms with Crippen LogP contribution in [0.5, 0.6) is 0 Å². The van der Waals surface area contributed by atoms with Crippen LogP contribution in [-0.4, -0.2) is 17.9 Å². The number of carbonyl (C=O) groups is 2. The van der Waals surface area contributed by atoms with Crippen LogP contribution in [0.4, 0.5) is 8.78 Å². The van der Waals surface area contributed by atoms with Crippen LogP contribution in [0, 0.1) is 15.2 Å². The number of nitrogens with two attached hydrogens (primary N) is 1. The van der Waals surface area contributed by atoms with Crippen LogP contribution in [0.2, 0.25) is 0 Å². The van der Waals surface area contributed by atoms with Gasteiger partial charge in [-0.1, -0.05) is 18.2 Å². The molecule has 2 rings (SSSR count). The highest BCUT2D eigenvalue weighted by atomic mass is 127. The van der Waals surface area contributed by atoms with Gasteiger partial charge in [0.25, 0.3) is 0 Å². The third-order valence-corrected chi connectivity index (χ3v) is 4.40. The van der Waals surface area contributed by atoms with Gasteiger partial charge in [-0.15, -0.1) is 0 Å². The van der Waals surface area contributed by atoms with Crippen molar-refractivity contribution in [1.29, 1.82) is 0 Å². The summed E-state index contributed by atoms with van der Waals surface area (Å²) in [5.74, 6) is -2.73. The number of halogens is 3. The highest BCUT2D eigenvalue weighted by Gasteiger charge is 2.20. The number of benzene rings is 2. The van der Waals surface area contributed by atoms with Crippen molar-refractivity contribution in [1.82, 2.24) is 5.32 Å². The van der Waals surface area contributed by atoms with Gasteiger partial charge in [0.05, 0.1) is 6.42 Å². The number of rotatable bonds is 6. The first kappa shape index (κ1) is 18.3. The molecule has 0 heterocycles. The Morgan fingerprint density at radius 2 is 1.75 bits per heavy atom. The zero-order valence-electron chi connectivity index (χ0n) is 12.6. The van der Waals surface area contributed by atoms with Crippen molar-refractivity contribution < 1.29 is 18.4 Å². The molecule has 2 aromatic rings. The summed E-state index contributed by atoms with van der Waals surface area (Å²) in [5, 5.41) is 2.52. The lowest BCUT2D eigenvalue weighted by Crippen LogP contribution is -2.46. The Bertz CT molecular complexity index is 748. The summed E-state index contributed by atoms with van der Waals surface area (Å²) in [7, 11) is 0. The number of carbonyl (C=O) groups excluding carboxylic acids is 2. The van der Waals surface area contributed by atoms with Crippen molar-refractivity contribution in [3.8, 4) is 0 Å². The first-order valence-corrected chi connectivity index (χ1v) is 8.20. The zero-order chi connectivity index (χ0) is 17.7. The summed E-state index contributed by atoms with van der Waals surface area (Å²) in [6.45, 7) is 0. The van der Waals surface area contributed by atoms with Crippen LogP contribution in [0.25, 0.3) is 0 Å². The molecule has 0 spiro atoms. The minimum absolute atomic E-state index is 0.183. The lowest BCUT2D eigenvalue weighted by atomic mass is 10.0. The molecule has 0 aromatic heterocycles. The van der Waals surface area contributed by atoms with Gasteiger partial charge in [-0.25, -0.2) is 8.78 Å². The smallest absolute Gasteiger partial charge is 0.240 e. The molecule has 126 valence electrons. The molecule has 0 unspecified atom stereocenters. The van der Waals surface area contributed by atoms with E-state index in [1.165, 1.54) is 0 Å². The van der Waals surface area contributed by atoms with Crippen LogP contribution in [0.3, 0.4) is 0 Å². The number of hydrogen-bond acceptors (Lipinski definition) is 2. The minimum Gasteiger partial charge on any atom is -0.368 e. The quantitative estimate of drug-likeness (QED) is 0.672. The second-order valence-corrected chi connectivity index (χ2v) is 6.43. The number of hydrogen-bond donors (Lipinski definition) is 2. The molecule has 2 amide bonds. The summed E-state index contributed by atoms with van der Waals surface area (Å²) < 4.78 is 27.3. The summed E-state index contributed by atoms with van der Waals surface area (Å²) >= 11 is 2.13. The van der Waals surface area contributed by atoms with E-state index in [0.29, 0.717) is 0 Å². The van der Waals surface area contributed by atoms with Gasteiger partial charge in [0.1, 0.15) is 17.7 Å². The van der Waals surface area contributed by atoms with Gasteiger partial charge in [0.2, 0.25) is 11.8 Å². The molecule has 0 radical (unpaired) electrons. The fraction of sp³-hybridized carbons (Fsp3) is 0.176. The molecule has 2 aromatic carbocycles. The molecular formula is C17H15F2IN2O2. The average Bonchev–Trinajstić information content (AvgIpc) is 2.47. The summed E-state index contributed by atoms with van der Waals surface area (Å²) in [5.41, 5.74) is 6.41. The van der Waals surface area contributed by atoms with E-state index in [-0.39, 0.29) is 18.4 Å². The van der Waals surface area contributed by atoms with E-state index in [1.54, 1.807) is 0 Å². The van der Waals surface area contributed by atoms with Crippen LogP contribution >= 0.6 is 22.6 Å². The van der Waals surface area contributed by atoms with Crippen LogP contribution in [-0.2, 0) is 22.4 Å². The van der Waals surface area contributed by atoms with E-state index in [0.717, 1.165) is 27.3 Å². The van der Waals surface area contributed by atoms with E-state index in [2.05, 4.69) is 27.9 Å². The second kappa shape index (κ2) is 8.18. The third kappa shape index (κ3) is 5.26. The van der Waals surface area contributed by atoms with Crippen molar-refractivity contribution in [3.63, 3.8) is 0 Å². The first-order chi connectivity index (χ1) is 11.3. The number of amides is 2. The van der Waals surface area contributed by atoms with Crippen LogP contribution in [0.15, 0.2) is 42.5 Å². The molecule has 0 aliphatic rings. The van der Waals surface area contributed by atoms with Gasteiger partial charge in [0.15, 0.2) is 0 Å². The topological polar surface area (TPSA) is 72.2 Å². The van der Waals surface area contributed by atoms with Gasteiger partial charge in [-0.2, -0.15) is 0 Å². The van der Waals surface area contributed by atoms with Crippen molar-refractivity contribution in [2.75, 3.05) is 0 Å². The summed E-state index contributed by atoms with van der Waals surface area (Å²) in [6, 6.07) is 9.38. The fourth-order valence-electron chi connectivity index (χ4n) is 2.25. The maximum atomic E-state index is 13.2. The minimum atomic E-state index is -0.896. The Morgan fingerprint density at radius 3 is 2.33 bits per heavy atom. The van der Waals surface area contributed by atoms with Gasteiger partial charge in [0, 0.05) is 16.1 Å². The van der Waals surface area contributed by atoms with E-state index < -0.39 is 29.5 Å². The fourth-order valence-corrected chi connectivity index (χ4v) is 2.86. The summed E-state index contributed by atoms with van der Waals surface area (Å²) in [4.78, 5) is 23.7. The largest absolute Gasteiger partial charge is 0.368 e. The Hall–Kier alpha value is -2.03. The van der Waals surface area contributed by atoms with E-state index in [1.807, 2.05) is 24.3 Å². The van der Waals surface area contributed by atoms with Crippen molar-refractivity contribution in [2.45, 2.75) is 18.9 Å². The maximum Gasteiger partial charge on any atom is 0.240 e. The Kier molecular flexibility index (Phi) is 6.24. The van der Waals surface area contributed by atoms with Gasteiger partial charge < -0.3 is 11.1 Å². The Labute approximate surface area is 151 Å². The zero-order valence-corrected chi connectivity index (χ0v) is 14.7. The third-order valence-electron chi connectivity index (χ3n) is 3.35. The second-order valence-electron chi connectivity index (χ2n) is 5.27. The SMILES string of the molecule is NC(=O)[C@H](Cc1ccccc1I)NC(=O)Cc1cc(F)cc(F)c1. The Balaban J connectivity index is 2.06. The molecule has 0 aliphatic heterocycles. The molecule has 0 bridgehead atoms. The standard InChI is InChI=1S/C17H15F2IN2O2/c18-12-5-10(6-13(19)9-12)7-16(23)22-15(17(21)24)8-11-3-1-2-4-14(11)20/h1-6,9,15H,7-8H2,(H2,21,24)(H,22,23)/t15-/m0/s1. The lowest BCUT2D eigenvalue weighted by molar-refractivity contribution is -0.127. The lowest BCUT2D eigenvalue weighted by Gasteiger charge is -2.16. The first-order valence-electron chi connectivity index (χ1n) is 7.12. The molecule has 0 fully saturated rings. The van der Waals surface area contributed by atoms with Crippen LogP contribution < -0.4 is 11.1 Å². The number of primary amides is 1. The van der Waals surface area contributed by atoms with Crippen molar-refractivity contribution in [2.24, 2.45) is 5.73 Å². The van der Waals surface area contributed by atoms with Crippen LogP contribution in [0.1, 0.15) is 11.1 Å². The molecule has 3 N–H and O–H groups in total. The van der Waals surface area contributed by atoms with Crippen molar-refractivity contribution in [3.05, 3.63) is 68.8 Å². The molecule has 0 aliphatic carbocycles. The molecule has 0 saturated carbocycles. The average molecular weight is 444 g/mol. The molecule has 1 atom stereocenters. The summed E-state index contributed by atoms with van der Waals surface area (Å²) in [6.07, 6.45) is 0.00202. The van der Waals surface area contributed by atoms with E-state index >= 15 is 0 Å². The van der Waals surface area contributed by atoms with Gasteiger partial charge in [-0.3, -0.25) is 9.59 Å². The highest BCUT2D eigenvalue weighted by Crippen LogP contribution is 2.14. The van der Waals surface area contributed by atoms with E-state index in [4.69, 9.17) is 5.73 Å². The van der Waals surface area contributed by atoms with Gasteiger partial charge >= 0.3 is 0 Å². The Morgan fingerprint density at radius 1 is 1.12 bits per heavy atom. The predicted molar refractivity (Wildman–Crippen MR) is 94.1 cm³/mol. The number of nitrogens with one attached hydrogen (secondary N) is 1. The molecule has 24 heavy (non-hydrogen) atoms. The maximum absolute atomic E-state index is 13.2. The molecule has 7 heteroatoms. The molecular weight excluding hydrogens is 429 g/mol. The van der Waals surface area contributed by atoms with E-state index in [9.17, 15) is 18.4 Å². The van der Waals surface area contributed by atoms with Crippen molar-refractivity contribution >= 4 is 34.4 Å². The predicted octanol–water partition coefficient (Wildman–Crippen LogP) is 2.32. The normalized spacial score (nSPS) is 11.8. The monoisotopic (exact) mass is 444 g/mol.